The first-order valence-corrected chi connectivity index (χ1v) is 20.1. The van der Waals surface area contributed by atoms with Gasteiger partial charge in [0.25, 0.3) is 7.82 Å². The predicted molar refractivity (Wildman–Crippen MR) is 203 cm³/mol. The van der Waals surface area contributed by atoms with E-state index in [2.05, 4.69) is 86.8 Å². The van der Waals surface area contributed by atoms with Crippen LogP contribution >= 0.6 is 7.82 Å². The zero-order chi connectivity index (χ0) is 36.3. The van der Waals surface area contributed by atoms with Gasteiger partial charge in [0, 0.05) is 13.0 Å². The van der Waals surface area contributed by atoms with Crippen molar-refractivity contribution in [2.24, 2.45) is 0 Å². The second kappa shape index (κ2) is 33.1. The summed E-state index contributed by atoms with van der Waals surface area (Å²) in [5.41, 5.74) is 0. The molecule has 0 aromatic heterocycles. The van der Waals surface area contributed by atoms with Gasteiger partial charge in [-0.25, -0.2) is 0 Å². The van der Waals surface area contributed by atoms with Gasteiger partial charge in [-0.1, -0.05) is 106 Å². The molecule has 0 bridgehead atoms. The molecule has 0 aliphatic rings. The molecule has 0 heterocycles. The first-order valence-electron chi connectivity index (χ1n) is 18.7. The first kappa shape index (κ1) is 46.9. The van der Waals surface area contributed by atoms with Crippen molar-refractivity contribution in [2.75, 3.05) is 54.1 Å². The van der Waals surface area contributed by atoms with E-state index in [-0.39, 0.29) is 32.2 Å². The van der Waals surface area contributed by atoms with Gasteiger partial charge in [0.2, 0.25) is 0 Å². The van der Waals surface area contributed by atoms with E-state index < -0.39 is 13.9 Å². The third kappa shape index (κ3) is 37.0. The average molecular weight is 708 g/mol. The highest BCUT2D eigenvalue weighted by Crippen LogP contribution is 2.38. The maximum absolute atomic E-state index is 12.6. The average Bonchev–Trinajstić information content (AvgIpc) is 3.04. The van der Waals surface area contributed by atoms with Crippen molar-refractivity contribution in [3.8, 4) is 0 Å². The van der Waals surface area contributed by atoms with Crippen LogP contribution in [0.25, 0.3) is 0 Å². The van der Waals surface area contributed by atoms with Gasteiger partial charge < -0.3 is 27.9 Å². The molecule has 8 nitrogen and oxygen atoms in total. The highest BCUT2D eigenvalue weighted by Gasteiger charge is 2.20. The van der Waals surface area contributed by atoms with E-state index in [0.29, 0.717) is 24.1 Å². The molecule has 0 aromatic carbocycles. The largest absolute Gasteiger partial charge is 0.756 e. The number of nitrogens with zero attached hydrogens (tertiary/aromatic N) is 1. The van der Waals surface area contributed by atoms with Crippen molar-refractivity contribution in [3.63, 3.8) is 0 Å². The number of unbranched alkanes of at least 4 members (excludes halogenated alkanes) is 7. The zero-order valence-electron chi connectivity index (χ0n) is 31.6. The van der Waals surface area contributed by atoms with E-state index in [4.69, 9.17) is 18.5 Å². The third-order valence-corrected chi connectivity index (χ3v) is 8.22. The molecule has 0 rings (SSSR count). The summed E-state index contributed by atoms with van der Waals surface area (Å²) in [6.45, 7) is 5.04. The number of esters is 1. The Hall–Kier alpha value is -2.06. The number of carbonyl (C=O) groups excluding carboxylic acids is 1. The summed E-state index contributed by atoms with van der Waals surface area (Å²) in [6, 6.07) is 0. The summed E-state index contributed by atoms with van der Waals surface area (Å²) in [6.07, 6.45) is 40.6. The Morgan fingerprint density at radius 3 is 1.65 bits per heavy atom. The SMILES string of the molecule is CC/C=C\C/C=C\C/C=C\CCCCCCOCC(COP(=O)([O-])OCC[N+](C)(C)C)OC(=O)CCCCC/C=C\C/C=C\C/C=C\CC. The summed E-state index contributed by atoms with van der Waals surface area (Å²) < 4.78 is 34.3. The minimum absolute atomic E-state index is 0.0115. The Bertz CT molecular complexity index is 1010. The van der Waals surface area contributed by atoms with Gasteiger partial charge in [0.1, 0.15) is 19.3 Å². The van der Waals surface area contributed by atoms with Crippen molar-refractivity contribution >= 4 is 13.8 Å². The summed E-state index contributed by atoms with van der Waals surface area (Å²) in [7, 11) is 1.30. The lowest BCUT2D eigenvalue weighted by Gasteiger charge is -2.28. The molecule has 282 valence electrons. The number of allylic oxidation sites excluding steroid dienone is 12. The zero-order valence-corrected chi connectivity index (χ0v) is 32.5. The van der Waals surface area contributed by atoms with Gasteiger partial charge in [-0.2, -0.15) is 0 Å². The molecule has 0 aliphatic heterocycles. The van der Waals surface area contributed by atoms with Crippen LogP contribution < -0.4 is 4.89 Å². The molecular formula is C40H70NO7P. The molecule has 0 saturated heterocycles. The Balaban J connectivity index is 4.43. The van der Waals surface area contributed by atoms with Crippen LogP contribution in [0.2, 0.25) is 0 Å². The molecule has 0 aliphatic carbocycles. The van der Waals surface area contributed by atoms with Crippen molar-refractivity contribution in [1.82, 2.24) is 0 Å². The summed E-state index contributed by atoms with van der Waals surface area (Å²) in [5.74, 6) is -0.376. The van der Waals surface area contributed by atoms with Gasteiger partial charge in [-0.15, -0.1) is 0 Å². The first-order chi connectivity index (χ1) is 23.6. The van der Waals surface area contributed by atoms with Gasteiger partial charge in [0.05, 0.1) is 34.4 Å². The lowest BCUT2D eigenvalue weighted by atomic mass is 10.1. The van der Waals surface area contributed by atoms with Crippen LogP contribution in [-0.4, -0.2) is 70.7 Å². The van der Waals surface area contributed by atoms with Crippen LogP contribution in [-0.2, 0) is 27.9 Å². The van der Waals surface area contributed by atoms with E-state index in [1.807, 2.05) is 21.1 Å². The maximum Gasteiger partial charge on any atom is 0.306 e. The van der Waals surface area contributed by atoms with Gasteiger partial charge >= 0.3 is 5.97 Å². The van der Waals surface area contributed by atoms with Crippen LogP contribution in [0.15, 0.2) is 72.9 Å². The van der Waals surface area contributed by atoms with Crippen LogP contribution in [0.5, 0.6) is 0 Å². The fraction of sp³-hybridized carbons (Fsp3) is 0.675. The number of ether oxygens (including phenoxy) is 2. The summed E-state index contributed by atoms with van der Waals surface area (Å²) in [4.78, 5) is 24.9. The van der Waals surface area contributed by atoms with E-state index in [1.165, 1.54) is 0 Å². The number of hydrogen-bond acceptors (Lipinski definition) is 7. The van der Waals surface area contributed by atoms with Crippen molar-refractivity contribution < 1.29 is 37.3 Å². The molecule has 2 atom stereocenters. The number of rotatable bonds is 33. The molecule has 0 saturated carbocycles. The summed E-state index contributed by atoms with van der Waals surface area (Å²) >= 11 is 0. The van der Waals surface area contributed by atoms with Gasteiger partial charge in [0.15, 0.2) is 0 Å². The smallest absolute Gasteiger partial charge is 0.306 e. The Morgan fingerprint density at radius 2 is 1.12 bits per heavy atom. The number of phosphoric ester groups is 1. The molecular weight excluding hydrogens is 637 g/mol. The molecule has 0 fully saturated rings. The van der Waals surface area contributed by atoms with E-state index in [0.717, 1.165) is 89.9 Å². The third-order valence-electron chi connectivity index (χ3n) is 7.25. The van der Waals surface area contributed by atoms with E-state index in [1.54, 1.807) is 0 Å². The minimum atomic E-state index is -4.54. The second-order valence-electron chi connectivity index (χ2n) is 13.2. The number of phosphoric acid groups is 1. The van der Waals surface area contributed by atoms with E-state index >= 15 is 0 Å². The fourth-order valence-corrected chi connectivity index (χ4v) is 5.12. The highest BCUT2D eigenvalue weighted by molar-refractivity contribution is 7.45. The topological polar surface area (TPSA) is 94.1 Å². The Kier molecular flexibility index (Phi) is 31.7. The number of hydrogen-bond donors (Lipinski definition) is 0. The monoisotopic (exact) mass is 707 g/mol. The van der Waals surface area contributed by atoms with Gasteiger partial charge in [-0.3, -0.25) is 9.36 Å². The second-order valence-corrected chi connectivity index (χ2v) is 14.6. The van der Waals surface area contributed by atoms with Crippen molar-refractivity contribution in [3.05, 3.63) is 72.9 Å². The van der Waals surface area contributed by atoms with Crippen molar-refractivity contribution in [1.29, 1.82) is 0 Å². The molecule has 0 aromatic rings. The minimum Gasteiger partial charge on any atom is -0.756 e. The lowest BCUT2D eigenvalue weighted by molar-refractivity contribution is -0.870. The standard InChI is InChI=1S/C40H70NO7P/c1-6-8-10-12-14-16-18-20-22-24-26-28-30-32-35-45-37-39(38-47-49(43,44)46-36-34-41(3,4)5)48-40(42)33-31-29-27-25-23-21-19-17-15-13-11-9-7-2/h8-11,14-17,20-23,39H,6-7,12-13,18-19,24-38H2,1-5H3/b10-8-,11-9-,16-14-,17-15-,22-20-,23-21-. The van der Waals surface area contributed by atoms with Crippen LogP contribution in [0.1, 0.15) is 117 Å². The molecule has 49 heavy (non-hydrogen) atoms. The number of quaternary nitrogens is 1. The quantitative estimate of drug-likeness (QED) is 0.0220. The Morgan fingerprint density at radius 1 is 0.633 bits per heavy atom. The maximum atomic E-state index is 12.6. The Labute approximate surface area is 300 Å². The highest BCUT2D eigenvalue weighted by atomic mass is 31.2. The number of likely N-dealkylation sites (N-methyl/N-ethyl adjacent to an activating group) is 1. The molecule has 0 spiro atoms. The van der Waals surface area contributed by atoms with Gasteiger partial charge in [-0.05, 0) is 77.0 Å². The molecule has 0 radical (unpaired) electrons. The van der Waals surface area contributed by atoms with Crippen LogP contribution in [0.3, 0.4) is 0 Å². The molecule has 9 heteroatoms. The van der Waals surface area contributed by atoms with E-state index in [9.17, 15) is 14.3 Å². The van der Waals surface area contributed by atoms with Crippen LogP contribution in [0.4, 0.5) is 0 Å². The van der Waals surface area contributed by atoms with Crippen molar-refractivity contribution in [2.45, 2.75) is 123 Å². The normalized spacial score (nSPS) is 14.8. The number of carbonyl (C=O) groups is 1. The molecule has 2 unspecified atom stereocenters. The summed E-state index contributed by atoms with van der Waals surface area (Å²) in [5, 5.41) is 0. The fourth-order valence-electron chi connectivity index (χ4n) is 4.40. The predicted octanol–water partition coefficient (Wildman–Crippen LogP) is 9.74. The lowest BCUT2D eigenvalue weighted by Crippen LogP contribution is -2.37. The molecule has 0 N–H and O–H groups in total. The van der Waals surface area contributed by atoms with Crippen LogP contribution in [0, 0.1) is 0 Å². The molecule has 0 amide bonds.